The second-order valence-electron chi connectivity index (χ2n) is 6.27. The van der Waals surface area contributed by atoms with E-state index in [0.29, 0.717) is 39.1 Å². The van der Waals surface area contributed by atoms with Crippen molar-refractivity contribution in [3.8, 4) is 17.2 Å². The molecule has 0 atom stereocenters. The first kappa shape index (κ1) is 21.9. The van der Waals surface area contributed by atoms with Crippen molar-refractivity contribution in [3.05, 3.63) is 89.0 Å². The van der Waals surface area contributed by atoms with E-state index in [1.54, 1.807) is 73.8 Å². The second-order valence-corrected chi connectivity index (χ2v) is 6.71. The van der Waals surface area contributed by atoms with Crippen LogP contribution in [0.1, 0.15) is 15.9 Å². The van der Waals surface area contributed by atoms with Gasteiger partial charge < -0.3 is 14.8 Å². The van der Waals surface area contributed by atoms with Gasteiger partial charge in [0, 0.05) is 16.8 Å². The van der Waals surface area contributed by atoms with Crippen LogP contribution in [0.4, 0.5) is 5.69 Å². The molecule has 7 nitrogen and oxygen atoms in total. The van der Waals surface area contributed by atoms with Crippen LogP contribution >= 0.6 is 11.6 Å². The number of rotatable bonds is 7. The number of carbonyl (C=O) groups is 2. The molecule has 3 rings (SSSR count). The zero-order valence-corrected chi connectivity index (χ0v) is 17.2. The lowest BCUT2D eigenvalue weighted by molar-refractivity contribution is -0.124. The fourth-order valence-electron chi connectivity index (χ4n) is 2.69. The maximum absolute atomic E-state index is 13.0. The Labute approximate surface area is 183 Å². The lowest BCUT2D eigenvalue weighted by Crippen LogP contribution is -2.15. The molecule has 0 unspecified atom stereocenters. The number of hydrogen-bond donors (Lipinski definition) is 3. The Hall–Kier alpha value is -3.81. The van der Waals surface area contributed by atoms with Crippen molar-refractivity contribution in [3.63, 3.8) is 0 Å². The summed E-state index contributed by atoms with van der Waals surface area (Å²) in [6, 6.07) is 18.6. The van der Waals surface area contributed by atoms with Gasteiger partial charge in [0.2, 0.25) is 0 Å². The van der Waals surface area contributed by atoms with Gasteiger partial charge >= 0.3 is 0 Å². The highest BCUT2D eigenvalue weighted by atomic mass is 35.5. The Morgan fingerprint density at radius 1 is 1.00 bits per heavy atom. The van der Waals surface area contributed by atoms with Crippen molar-refractivity contribution in [1.29, 1.82) is 0 Å². The maximum Gasteiger partial charge on any atom is 0.267 e. The zero-order chi connectivity index (χ0) is 22.2. The van der Waals surface area contributed by atoms with Crippen LogP contribution in [0.25, 0.3) is 6.08 Å². The molecule has 3 aromatic rings. The fraction of sp³-hybridized carbons (Fsp3) is 0.0435. The first-order valence-corrected chi connectivity index (χ1v) is 9.52. The monoisotopic (exact) mass is 438 g/mol. The SMILES string of the molecule is COc1ccc(Oc2ccccc2C(=O)Nc2ccc(Cl)cc2C=CC(=O)NO)cc1. The van der Waals surface area contributed by atoms with E-state index in [-0.39, 0.29) is 0 Å². The van der Waals surface area contributed by atoms with E-state index >= 15 is 0 Å². The Balaban J connectivity index is 1.84. The van der Waals surface area contributed by atoms with Crippen LogP contribution in [-0.4, -0.2) is 24.1 Å². The number of ether oxygens (including phenoxy) is 2. The summed E-state index contributed by atoms with van der Waals surface area (Å²) in [6.45, 7) is 0. The summed E-state index contributed by atoms with van der Waals surface area (Å²) < 4.78 is 11.0. The third kappa shape index (κ3) is 5.85. The van der Waals surface area contributed by atoms with E-state index in [1.165, 1.54) is 11.6 Å². The topological polar surface area (TPSA) is 96.9 Å². The number of anilines is 1. The van der Waals surface area contributed by atoms with Gasteiger partial charge in [0.1, 0.15) is 17.2 Å². The Bertz CT molecular complexity index is 1110. The van der Waals surface area contributed by atoms with Crippen LogP contribution in [0.15, 0.2) is 72.8 Å². The Morgan fingerprint density at radius 2 is 1.71 bits per heavy atom. The molecular weight excluding hydrogens is 420 g/mol. The number of benzene rings is 3. The van der Waals surface area contributed by atoms with Gasteiger partial charge in [0.05, 0.1) is 12.7 Å². The Morgan fingerprint density at radius 3 is 2.42 bits per heavy atom. The molecule has 0 aliphatic carbocycles. The number of nitrogens with one attached hydrogen (secondary N) is 2. The summed E-state index contributed by atoms with van der Waals surface area (Å²) in [4.78, 5) is 24.3. The van der Waals surface area contributed by atoms with Crippen LogP contribution in [-0.2, 0) is 4.79 Å². The van der Waals surface area contributed by atoms with E-state index in [1.807, 2.05) is 0 Å². The summed E-state index contributed by atoms with van der Waals surface area (Å²) >= 11 is 6.03. The molecule has 158 valence electrons. The summed E-state index contributed by atoms with van der Waals surface area (Å²) in [5.41, 5.74) is 2.73. The van der Waals surface area contributed by atoms with Gasteiger partial charge in [-0.2, -0.15) is 0 Å². The van der Waals surface area contributed by atoms with Crippen molar-refractivity contribution in [2.75, 3.05) is 12.4 Å². The first-order chi connectivity index (χ1) is 15.0. The molecule has 0 bridgehead atoms. The fourth-order valence-corrected chi connectivity index (χ4v) is 2.87. The van der Waals surface area contributed by atoms with E-state index in [4.69, 9.17) is 26.3 Å². The molecule has 0 saturated heterocycles. The zero-order valence-electron chi connectivity index (χ0n) is 16.5. The van der Waals surface area contributed by atoms with Crippen LogP contribution in [0, 0.1) is 0 Å². The van der Waals surface area contributed by atoms with Gasteiger partial charge in [-0.3, -0.25) is 14.8 Å². The van der Waals surface area contributed by atoms with Crippen molar-refractivity contribution < 1.29 is 24.3 Å². The molecule has 0 aliphatic heterocycles. The molecule has 8 heteroatoms. The summed E-state index contributed by atoms with van der Waals surface area (Å²) in [6.07, 6.45) is 2.54. The minimum atomic E-state index is -0.713. The average molecular weight is 439 g/mol. The van der Waals surface area contributed by atoms with Crippen LogP contribution in [0.2, 0.25) is 5.02 Å². The predicted molar refractivity (Wildman–Crippen MR) is 118 cm³/mol. The molecule has 0 saturated carbocycles. The lowest BCUT2D eigenvalue weighted by Gasteiger charge is -2.13. The third-order valence-electron chi connectivity index (χ3n) is 4.21. The summed E-state index contributed by atoms with van der Waals surface area (Å²) in [7, 11) is 1.58. The number of hydroxylamine groups is 1. The van der Waals surface area contributed by atoms with Crippen molar-refractivity contribution in [1.82, 2.24) is 5.48 Å². The molecule has 0 aliphatic rings. The van der Waals surface area contributed by atoms with Crippen LogP contribution in [0.5, 0.6) is 17.2 Å². The van der Waals surface area contributed by atoms with Gasteiger partial charge in [-0.05, 0) is 66.2 Å². The molecular formula is C23H19ClN2O5. The number of para-hydroxylation sites is 1. The second kappa shape index (κ2) is 10.3. The standard InChI is InChI=1S/C23H19ClN2O5/c1-30-17-8-10-18(11-9-17)31-21-5-3-2-4-19(21)23(28)25-20-12-7-16(24)14-15(20)6-13-22(27)26-29/h2-14,29H,1H3,(H,25,28)(H,26,27). The summed E-state index contributed by atoms with van der Waals surface area (Å²) in [5.74, 6) is 0.488. The molecule has 0 heterocycles. The van der Waals surface area contributed by atoms with Gasteiger partial charge in [0.15, 0.2) is 0 Å². The molecule has 31 heavy (non-hydrogen) atoms. The highest BCUT2D eigenvalue weighted by molar-refractivity contribution is 6.31. The van der Waals surface area contributed by atoms with Crippen molar-refractivity contribution >= 4 is 35.2 Å². The van der Waals surface area contributed by atoms with E-state index in [2.05, 4.69) is 5.32 Å². The average Bonchev–Trinajstić information content (AvgIpc) is 2.79. The maximum atomic E-state index is 13.0. The number of methoxy groups -OCH3 is 1. The highest BCUT2D eigenvalue weighted by Gasteiger charge is 2.15. The highest BCUT2D eigenvalue weighted by Crippen LogP contribution is 2.28. The van der Waals surface area contributed by atoms with Gasteiger partial charge in [-0.15, -0.1) is 0 Å². The predicted octanol–water partition coefficient (Wildman–Crippen LogP) is 4.91. The first-order valence-electron chi connectivity index (χ1n) is 9.14. The molecule has 0 fully saturated rings. The molecule has 2 amide bonds. The minimum absolute atomic E-state index is 0.316. The largest absolute Gasteiger partial charge is 0.497 e. The number of carbonyl (C=O) groups excluding carboxylic acids is 2. The third-order valence-corrected chi connectivity index (χ3v) is 4.44. The van der Waals surface area contributed by atoms with Crippen molar-refractivity contribution in [2.45, 2.75) is 0 Å². The van der Waals surface area contributed by atoms with Crippen LogP contribution < -0.4 is 20.3 Å². The molecule has 3 aromatic carbocycles. The smallest absolute Gasteiger partial charge is 0.267 e. The van der Waals surface area contributed by atoms with Crippen molar-refractivity contribution in [2.24, 2.45) is 0 Å². The number of amides is 2. The molecule has 0 spiro atoms. The lowest BCUT2D eigenvalue weighted by atomic mass is 10.1. The number of hydrogen-bond acceptors (Lipinski definition) is 5. The molecule has 3 N–H and O–H groups in total. The van der Waals surface area contributed by atoms with Gasteiger partial charge in [0.25, 0.3) is 11.8 Å². The molecule has 0 aromatic heterocycles. The van der Waals surface area contributed by atoms with E-state index in [0.717, 1.165) is 6.08 Å². The summed E-state index contributed by atoms with van der Waals surface area (Å²) in [5, 5.41) is 11.9. The number of halogens is 1. The van der Waals surface area contributed by atoms with E-state index in [9.17, 15) is 9.59 Å². The normalized spacial score (nSPS) is 10.5. The quantitative estimate of drug-likeness (QED) is 0.276. The van der Waals surface area contributed by atoms with Crippen LogP contribution in [0.3, 0.4) is 0 Å². The Kier molecular flexibility index (Phi) is 7.26. The molecule has 0 radical (unpaired) electrons. The minimum Gasteiger partial charge on any atom is -0.497 e. The van der Waals surface area contributed by atoms with E-state index < -0.39 is 11.8 Å². The van der Waals surface area contributed by atoms with Gasteiger partial charge in [-0.1, -0.05) is 23.7 Å². The van der Waals surface area contributed by atoms with Gasteiger partial charge in [-0.25, -0.2) is 5.48 Å².